The fraction of sp³-hybridized carbons (Fsp3) is 0.548. The number of carbonyl (C=O) groups is 2. The average Bonchev–Trinajstić information content (AvgIpc) is 3.54. The zero-order valence-corrected chi connectivity index (χ0v) is 25.7. The zero-order valence-electron chi connectivity index (χ0n) is 25.7. The number of halogens is 3. The van der Waals surface area contributed by atoms with Crippen LogP contribution in [0.25, 0.3) is 0 Å². The fourth-order valence-corrected chi connectivity index (χ4v) is 5.84. The second-order valence-corrected chi connectivity index (χ2v) is 11.6. The lowest BCUT2D eigenvalue weighted by Crippen LogP contribution is -2.44. The minimum atomic E-state index is -4.74. The van der Waals surface area contributed by atoms with E-state index in [1.807, 2.05) is 17.0 Å². The molecular formula is C31H41F3N10O2. The summed E-state index contributed by atoms with van der Waals surface area (Å²) in [7, 11) is 0. The van der Waals surface area contributed by atoms with Gasteiger partial charge >= 0.3 is 6.18 Å². The maximum atomic E-state index is 13.9. The third-order valence-electron chi connectivity index (χ3n) is 8.28. The van der Waals surface area contributed by atoms with Crippen molar-refractivity contribution in [2.24, 2.45) is 22.4 Å². The summed E-state index contributed by atoms with van der Waals surface area (Å²) in [6, 6.07) is 10.1. The lowest BCUT2D eigenvalue weighted by Gasteiger charge is -2.34. The highest BCUT2D eigenvalue weighted by molar-refractivity contribution is 5.85. The van der Waals surface area contributed by atoms with Crippen molar-refractivity contribution in [3.63, 3.8) is 0 Å². The van der Waals surface area contributed by atoms with E-state index in [2.05, 4.69) is 31.7 Å². The smallest absolute Gasteiger partial charge is 0.370 e. The number of amides is 2. The number of aromatic nitrogens is 2. The van der Waals surface area contributed by atoms with E-state index in [0.29, 0.717) is 82.9 Å². The Kier molecular flexibility index (Phi) is 12.0. The molecule has 1 atom stereocenters. The number of anilines is 2. The molecule has 2 saturated heterocycles. The van der Waals surface area contributed by atoms with Crippen LogP contribution in [-0.4, -0.2) is 73.1 Å². The van der Waals surface area contributed by atoms with Crippen LogP contribution in [0.2, 0.25) is 0 Å². The molecule has 15 heteroatoms. The molecule has 46 heavy (non-hydrogen) atoms. The minimum Gasteiger partial charge on any atom is -0.370 e. The number of nitrogens with zero attached hydrogens (tertiary/aromatic N) is 6. The zero-order chi connectivity index (χ0) is 33.1. The number of benzene rings is 1. The Labute approximate surface area is 266 Å². The van der Waals surface area contributed by atoms with Gasteiger partial charge in [0.05, 0.1) is 18.2 Å². The first-order valence-electron chi connectivity index (χ1n) is 15.6. The maximum Gasteiger partial charge on any atom is 0.451 e. The summed E-state index contributed by atoms with van der Waals surface area (Å²) in [5, 5.41) is 14.6. The molecule has 2 aliphatic rings. The van der Waals surface area contributed by atoms with Gasteiger partial charge in [0.15, 0.2) is 5.96 Å². The van der Waals surface area contributed by atoms with E-state index in [1.165, 1.54) is 0 Å². The molecule has 248 valence electrons. The SMILES string of the molecule is N#Cc1ccc(CCNC(=O)C2CCCN2c2cc(N3CCC(CCCC(=O)NCCN=C(N)N)CC3)nc(C(F)(F)F)n2)cc1. The van der Waals surface area contributed by atoms with Gasteiger partial charge in [-0.25, -0.2) is 9.97 Å². The van der Waals surface area contributed by atoms with Gasteiger partial charge < -0.3 is 31.9 Å². The van der Waals surface area contributed by atoms with Gasteiger partial charge in [0.25, 0.3) is 0 Å². The number of carbonyl (C=O) groups excluding carboxylic acids is 2. The number of aliphatic imine (C=N–C) groups is 1. The van der Waals surface area contributed by atoms with Gasteiger partial charge in [-0.1, -0.05) is 12.1 Å². The third kappa shape index (κ3) is 9.95. The van der Waals surface area contributed by atoms with Gasteiger partial charge in [0, 0.05) is 45.2 Å². The molecular weight excluding hydrogens is 601 g/mol. The monoisotopic (exact) mass is 642 g/mol. The number of nitrogens with two attached hydrogens (primary N) is 2. The number of piperidine rings is 1. The van der Waals surface area contributed by atoms with Crippen molar-refractivity contribution in [1.29, 1.82) is 5.26 Å². The average molecular weight is 643 g/mol. The van der Waals surface area contributed by atoms with Crippen LogP contribution in [0, 0.1) is 17.2 Å². The summed E-state index contributed by atoms with van der Waals surface area (Å²) < 4.78 is 41.8. The van der Waals surface area contributed by atoms with Crippen molar-refractivity contribution in [2.75, 3.05) is 49.1 Å². The second-order valence-electron chi connectivity index (χ2n) is 11.6. The van der Waals surface area contributed by atoms with Crippen molar-refractivity contribution in [1.82, 2.24) is 20.6 Å². The van der Waals surface area contributed by atoms with Crippen molar-refractivity contribution >= 4 is 29.4 Å². The van der Waals surface area contributed by atoms with Gasteiger partial charge in [0.1, 0.15) is 17.7 Å². The maximum absolute atomic E-state index is 13.9. The van der Waals surface area contributed by atoms with Crippen LogP contribution >= 0.6 is 0 Å². The Morgan fingerprint density at radius 1 is 1.02 bits per heavy atom. The van der Waals surface area contributed by atoms with Crippen molar-refractivity contribution in [3.05, 3.63) is 47.3 Å². The van der Waals surface area contributed by atoms with E-state index in [0.717, 1.165) is 24.8 Å². The molecule has 2 aromatic rings. The van der Waals surface area contributed by atoms with Gasteiger partial charge in [-0.15, -0.1) is 0 Å². The highest BCUT2D eigenvalue weighted by Crippen LogP contribution is 2.34. The quantitative estimate of drug-likeness (QED) is 0.145. The molecule has 1 aromatic heterocycles. The van der Waals surface area contributed by atoms with Crippen LogP contribution in [0.3, 0.4) is 0 Å². The molecule has 0 saturated carbocycles. The van der Waals surface area contributed by atoms with Gasteiger partial charge in [-0.3, -0.25) is 14.6 Å². The normalized spacial score (nSPS) is 17.0. The molecule has 2 fully saturated rings. The molecule has 0 aliphatic carbocycles. The van der Waals surface area contributed by atoms with Gasteiger partial charge in [-0.2, -0.15) is 18.4 Å². The minimum absolute atomic E-state index is 0.0236. The van der Waals surface area contributed by atoms with E-state index < -0.39 is 18.0 Å². The first kappa shape index (κ1) is 34.3. The molecule has 1 aromatic carbocycles. The highest BCUT2D eigenvalue weighted by Gasteiger charge is 2.39. The molecule has 2 aliphatic heterocycles. The first-order valence-corrected chi connectivity index (χ1v) is 15.6. The van der Waals surface area contributed by atoms with Crippen LogP contribution in [0.1, 0.15) is 61.9 Å². The number of guanidine groups is 1. The highest BCUT2D eigenvalue weighted by atomic mass is 19.4. The Morgan fingerprint density at radius 2 is 1.74 bits per heavy atom. The molecule has 0 spiro atoms. The topological polar surface area (TPSA) is 179 Å². The number of hydrogen-bond acceptors (Lipinski definition) is 8. The van der Waals surface area contributed by atoms with E-state index in [9.17, 15) is 22.8 Å². The third-order valence-corrected chi connectivity index (χ3v) is 8.28. The van der Waals surface area contributed by atoms with E-state index in [4.69, 9.17) is 16.7 Å². The predicted octanol–water partition coefficient (Wildman–Crippen LogP) is 2.47. The number of rotatable bonds is 13. The number of alkyl halides is 3. The molecule has 2 amide bonds. The van der Waals surface area contributed by atoms with Crippen LogP contribution in [0.4, 0.5) is 24.8 Å². The molecule has 0 bridgehead atoms. The van der Waals surface area contributed by atoms with Crippen LogP contribution in [-0.2, 0) is 22.2 Å². The predicted molar refractivity (Wildman–Crippen MR) is 168 cm³/mol. The summed E-state index contributed by atoms with van der Waals surface area (Å²) >= 11 is 0. The molecule has 6 N–H and O–H groups in total. The summed E-state index contributed by atoms with van der Waals surface area (Å²) in [5.41, 5.74) is 12.0. The Hall–Kier alpha value is -4.61. The second kappa shape index (κ2) is 16.1. The number of nitrogens with one attached hydrogen (secondary N) is 2. The van der Waals surface area contributed by atoms with Gasteiger partial charge in [0.2, 0.25) is 17.6 Å². The number of hydrogen-bond donors (Lipinski definition) is 4. The van der Waals surface area contributed by atoms with Crippen molar-refractivity contribution in [3.8, 4) is 6.07 Å². The standard InChI is InChI=1S/C31H41F3N10O2/c32-31(33,34)29-41-25(43-17-11-21(12-18-43)3-1-5-27(45)38-14-15-40-30(36)37)19-26(42-29)44-16-2-4-24(44)28(46)39-13-10-22-6-8-23(20-35)9-7-22/h6-9,19,21,24H,1-5,10-18H2,(H,38,45)(H,39,46)(H4,36,37,40). The van der Waals surface area contributed by atoms with Crippen molar-refractivity contribution in [2.45, 2.75) is 63.6 Å². The van der Waals surface area contributed by atoms with E-state index in [1.54, 1.807) is 23.1 Å². The van der Waals surface area contributed by atoms with Crippen molar-refractivity contribution < 1.29 is 22.8 Å². The fourth-order valence-electron chi connectivity index (χ4n) is 5.84. The lowest BCUT2D eigenvalue weighted by atomic mass is 9.91. The summed E-state index contributed by atoms with van der Waals surface area (Å²) in [4.78, 5) is 40.2. The molecule has 4 rings (SSSR count). The largest absolute Gasteiger partial charge is 0.451 e. The Bertz CT molecular complexity index is 1400. The first-order chi connectivity index (χ1) is 22.0. The van der Waals surface area contributed by atoms with E-state index >= 15 is 0 Å². The summed E-state index contributed by atoms with van der Waals surface area (Å²) in [5.74, 6) is -0.938. The molecule has 12 nitrogen and oxygen atoms in total. The summed E-state index contributed by atoms with van der Waals surface area (Å²) in [6.45, 7) is 2.51. The number of nitriles is 1. The summed E-state index contributed by atoms with van der Waals surface area (Å²) in [6.07, 6.45) is 0.425. The molecule has 0 radical (unpaired) electrons. The van der Waals surface area contributed by atoms with Crippen LogP contribution in [0.15, 0.2) is 35.3 Å². The van der Waals surface area contributed by atoms with Crippen LogP contribution < -0.4 is 31.9 Å². The lowest BCUT2D eigenvalue weighted by molar-refractivity contribution is -0.144. The van der Waals surface area contributed by atoms with Crippen LogP contribution in [0.5, 0.6) is 0 Å². The van der Waals surface area contributed by atoms with Gasteiger partial charge in [-0.05, 0) is 68.6 Å². The molecule has 1 unspecified atom stereocenters. The van der Waals surface area contributed by atoms with E-state index in [-0.39, 0.29) is 29.4 Å². The Morgan fingerprint density at radius 3 is 2.41 bits per heavy atom. The molecule has 3 heterocycles. The Balaban J connectivity index is 1.32.